The van der Waals surface area contributed by atoms with Gasteiger partial charge in [-0.05, 0) is 0 Å². The van der Waals surface area contributed by atoms with E-state index in [2.05, 4.69) is 0 Å². The van der Waals surface area contributed by atoms with Crippen molar-refractivity contribution in [2.24, 2.45) is 0 Å². The van der Waals surface area contributed by atoms with E-state index in [1.54, 1.807) is 0 Å². The van der Waals surface area contributed by atoms with E-state index in [9.17, 15) is 0 Å². The summed E-state index contributed by atoms with van der Waals surface area (Å²) >= 11 is 0. The Kier molecular flexibility index (Phi) is 5.83. The van der Waals surface area contributed by atoms with E-state index in [1.807, 2.05) is 0 Å². The minimum Gasteiger partial charge on any atom is 0 e. The molecular weight excluding hydrogens is 213 g/mol. The molecule has 3 nitrogen and oxygen atoms in total. The Hall–Kier alpha value is 1.36. The van der Waals surface area contributed by atoms with Crippen molar-refractivity contribution in [2.75, 3.05) is 0 Å². The molecule has 0 aromatic carbocycles. The molecule has 0 bridgehead atoms. The van der Waals surface area contributed by atoms with Crippen molar-refractivity contribution >= 4 is 16.6 Å². The summed E-state index contributed by atoms with van der Waals surface area (Å²) in [6.45, 7) is 0. The fraction of sp³-hybridized carbons (Fsp3) is 0. The first-order valence-electron chi connectivity index (χ1n) is 0.959. The van der Waals surface area contributed by atoms with Crippen LogP contribution in [-0.2, 0) is 19.5 Å². The summed E-state index contributed by atoms with van der Waals surface area (Å²) in [5.41, 5.74) is 0. The molecule has 0 aliphatic rings. The van der Waals surface area contributed by atoms with Crippen molar-refractivity contribution < 1.29 is 34.2 Å². The summed E-state index contributed by atoms with van der Waals surface area (Å²) < 4.78 is 0. The average Bonchev–Trinajstić information content (AvgIpc) is 0.722. The maximum absolute atomic E-state index is 7.73. The minimum absolute atomic E-state index is 0. The van der Waals surface area contributed by atoms with Crippen LogP contribution < -0.4 is 0 Å². The van der Waals surface area contributed by atoms with E-state index < -0.39 is 7.63 Å². The summed E-state index contributed by atoms with van der Waals surface area (Å²) in [5.74, 6) is 0. The zero-order chi connectivity index (χ0) is 4.50. The first-order chi connectivity index (χ1) is 2.00. The Morgan fingerprint density at radius 1 is 1.17 bits per heavy atom. The van der Waals surface area contributed by atoms with Crippen LogP contribution >= 0.6 is 16.6 Å². The van der Waals surface area contributed by atoms with Crippen LogP contribution in [0.25, 0.3) is 0 Å². The van der Waals surface area contributed by atoms with Crippen LogP contribution in [0.4, 0.5) is 0 Å². The normalized spacial score (nSPS) is 12.7. The molecule has 43 valence electrons. The summed E-state index contributed by atoms with van der Waals surface area (Å²) in [4.78, 5) is 23.2. The molecular formula is H6O3P2Rh. The Morgan fingerprint density at radius 2 is 1.17 bits per heavy atom. The third kappa shape index (κ3) is 54.9. The van der Waals surface area contributed by atoms with Crippen molar-refractivity contribution in [3.63, 3.8) is 0 Å². The summed E-state index contributed by atoms with van der Waals surface area (Å²) in [6.07, 6.45) is 0. The summed E-state index contributed by atoms with van der Waals surface area (Å²) in [7, 11) is -2.17. The van der Waals surface area contributed by atoms with Gasteiger partial charge in [-0.3, -0.25) is 0 Å². The van der Waals surface area contributed by atoms with E-state index in [0.29, 0.717) is 0 Å². The van der Waals surface area contributed by atoms with Crippen molar-refractivity contribution in [1.29, 1.82) is 0 Å². The standard InChI is InChI=1S/H6O3P2.Rh/c1-5(2,3)4;/h1-3,5H,4H2;. The van der Waals surface area contributed by atoms with Gasteiger partial charge >= 0.3 is 31.2 Å². The predicted molar refractivity (Wildman–Crippen MR) is 24.7 cm³/mol. The van der Waals surface area contributed by atoms with Gasteiger partial charge in [0.05, 0.1) is 0 Å². The Labute approximate surface area is 51.2 Å². The maximum atomic E-state index is 7.73. The van der Waals surface area contributed by atoms with Gasteiger partial charge in [-0.2, -0.15) is 0 Å². The molecule has 0 aromatic heterocycles. The van der Waals surface area contributed by atoms with Crippen LogP contribution in [0, 0.1) is 0 Å². The van der Waals surface area contributed by atoms with Gasteiger partial charge in [-0.25, -0.2) is 0 Å². The van der Waals surface area contributed by atoms with E-state index >= 15 is 0 Å². The molecule has 1 radical (unpaired) electrons. The number of hydrogen-bond acceptors (Lipinski definition) is 3. The van der Waals surface area contributed by atoms with Crippen LogP contribution in [-0.4, -0.2) is 14.7 Å². The third-order valence-corrected chi connectivity index (χ3v) is 0. The van der Waals surface area contributed by atoms with Crippen molar-refractivity contribution in [3.05, 3.63) is 0 Å². The molecule has 0 aliphatic heterocycles. The van der Waals surface area contributed by atoms with Gasteiger partial charge in [-0.1, -0.05) is 0 Å². The van der Waals surface area contributed by atoms with Crippen molar-refractivity contribution in [2.45, 2.75) is 0 Å². The number of rotatable bonds is 0. The van der Waals surface area contributed by atoms with Crippen LogP contribution in [0.3, 0.4) is 0 Å². The Balaban J connectivity index is 0. The van der Waals surface area contributed by atoms with Crippen LogP contribution in [0.5, 0.6) is 0 Å². The molecule has 0 spiro atoms. The minimum atomic E-state index is -3.69. The van der Waals surface area contributed by atoms with E-state index in [0.717, 1.165) is 0 Å². The fourth-order valence-electron chi connectivity index (χ4n) is 0. The molecule has 0 aliphatic carbocycles. The van der Waals surface area contributed by atoms with Gasteiger partial charge < -0.3 is 0 Å². The largest absolute Gasteiger partial charge is 0 e. The zero-order valence-corrected chi connectivity index (χ0v) is 6.55. The molecule has 1 unspecified atom stereocenters. The van der Waals surface area contributed by atoms with Gasteiger partial charge in [0, 0.05) is 19.5 Å². The molecule has 6 heteroatoms. The van der Waals surface area contributed by atoms with Crippen LogP contribution in [0.2, 0.25) is 0 Å². The Morgan fingerprint density at radius 3 is 1.17 bits per heavy atom. The molecule has 0 saturated carbocycles. The molecule has 3 N–H and O–H groups in total. The van der Waals surface area contributed by atoms with Gasteiger partial charge in [-0.15, -0.1) is 0 Å². The number of hydrogen-bond donors (Lipinski definition) is 3. The molecule has 0 rings (SSSR count). The Bertz CT molecular complexity index is 24.3. The zero-order valence-electron chi connectivity index (χ0n) is 2.75. The SMILES string of the molecule is O[PH](O)(O)P.[Rh]. The van der Waals surface area contributed by atoms with Gasteiger partial charge in [0.1, 0.15) is 0 Å². The van der Waals surface area contributed by atoms with Gasteiger partial charge in [0.25, 0.3) is 0 Å². The van der Waals surface area contributed by atoms with E-state index in [-0.39, 0.29) is 19.5 Å². The maximum Gasteiger partial charge on any atom is 0 e. The quantitative estimate of drug-likeness (QED) is 0.371. The summed E-state index contributed by atoms with van der Waals surface area (Å²) in [6, 6.07) is 0. The second-order valence-corrected chi connectivity index (χ2v) is 4.39. The van der Waals surface area contributed by atoms with Crippen molar-refractivity contribution in [1.82, 2.24) is 0 Å². The average molecular weight is 219 g/mol. The molecule has 0 fully saturated rings. The molecule has 6 heavy (non-hydrogen) atoms. The van der Waals surface area contributed by atoms with E-state index in [4.69, 9.17) is 14.7 Å². The molecule has 0 saturated heterocycles. The summed E-state index contributed by atoms with van der Waals surface area (Å²) in [5, 5.41) is 0. The molecule has 0 aromatic rings. The monoisotopic (exact) mass is 219 g/mol. The fourth-order valence-corrected chi connectivity index (χ4v) is 0. The van der Waals surface area contributed by atoms with Gasteiger partial charge in [0.15, 0.2) is 0 Å². The van der Waals surface area contributed by atoms with E-state index in [1.165, 1.54) is 8.93 Å². The molecule has 1 atom stereocenters. The topological polar surface area (TPSA) is 60.7 Å². The van der Waals surface area contributed by atoms with Gasteiger partial charge in [0.2, 0.25) is 0 Å². The van der Waals surface area contributed by atoms with Crippen LogP contribution in [0.15, 0.2) is 0 Å². The third-order valence-electron chi connectivity index (χ3n) is 0. The molecule has 0 heterocycles. The van der Waals surface area contributed by atoms with Crippen molar-refractivity contribution in [3.8, 4) is 0 Å². The van der Waals surface area contributed by atoms with Crippen LogP contribution in [0.1, 0.15) is 0 Å². The first-order valence-corrected chi connectivity index (χ1v) is 4.61. The first kappa shape index (κ1) is 10.4. The molecule has 0 amide bonds. The predicted octanol–water partition coefficient (Wildman–Crippen LogP) is -0.754. The second kappa shape index (κ2) is 3.38. The second-order valence-electron chi connectivity index (χ2n) is 0.687. The smallest absolute Gasteiger partial charge is 0 e.